The smallest absolute Gasteiger partial charge is 0.161 e. The van der Waals surface area contributed by atoms with Gasteiger partial charge in [0.05, 0.1) is 0 Å². The van der Waals surface area contributed by atoms with Crippen LogP contribution in [0.2, 0.25) is 5.02 Å². The van der Waals surface area contributed by atoms with Crippen LogP contribution in [0.15, 0.2) is 36.4 Å². The van der Waals surface area contributed by atoms with E-state index in [1.54, 1.807) is 0 Å². The van der Waals surface area contributed by atoms with Crippen molar-refractivity contribution in [1.29, 1.82) is 0 Å². The van der Waals surface area contributed by atoms with Gasteiger partial charge in [0.25, 0.3) is 0 Å². The third-order valence-electron chi connectivity index (χ3n) is 4.18. The van der Waals surface area contributed by atoms with Gasteiger partial charge in [0.2, 0.25) is 0 Å². The number of benzene rings is 2. The van der Waals surface area contributed by atoms with Gasteiger partial charge in [-0.3, -0.25) is 0 Å². The summed E-state index contributed by atoms with van der Waals surface area (Å²) in [5.74, 6) is 0.988. The Morgan fingerprint density at radius 3 is 2.55 bits per heavy atom. The Kier molecular flexibility index (Phi) is 3.82. The molecule has 0 saturated heterocycles. The van der Waals surface area contributed by atoms with Crippen molar-refractivity contribution >= 4 is 17.3 Å². The van der Waals surface area contributed by atoms with Crippen LogP contribution in [0.5, 0.6) is 5.75 Å². The zero-order valence-electron chi connectivity index (χ0n) is 13.6. The first-order valence-electron chi connectivity index (χ1n) is 7.62. The molecule has 0 spiro atoms. The van der Waals surface area contributed by atoms with Crippen molar-refractivity contribution < 1.29 is 4.74 Å². The molecule has 0 amide bonds. The van der Waals surface area contributed by atoms with E-state index in [2.05, 4.69) is 56.0 Å². The highest BCUT2D eigenvalue weighted by molar-refractivity contribution is 6.31. The van der Waals surface area contributed by atoms with Crippen LogP contribution in [0.4, 0.5) is 5.69 Å². The molecule has 1 aliphatic rings. The van der Waals surface area contributed by atoms with Gasteiger partial charge in [-0.25, -0.2) is 0 Å². The Bertz CT molecular complexity index is 703. The molecule has 2 nitrogen and oxygen atoms in total. The Hall–Kier alpha value is -1.67. The summed E-state index contributed by atoms with van der Waals surface area (Å²) in [5.41, 5.74) is 4.90. The molecule has 2 aromatic carbocycles. The van der Waals surface area contributed by atoms with Gasteiger partial charge >= 0.3 is 0 Å². The molecule has 0 atom stereocenters. The average Bonchev–Trinajstić information content (AvgIpc) is 2.48. The Balaban J connectivity index is 1.90. The second-order valence-corrected chi connectivity index (χ2v) is 7.38. The molecule has 0 bridgehead atoms. The van der Waals surface area contributed by atoms with E-state index < -0.39 is 0 Å². The molecule has 116 valence electrons. The normalized spacial score (nSPS) is 14.5. The fraction of sp³-hybridized carbons (Fsp3) is 0.368. The van der Waals surface area contributed by atoms with Gasteiger partial charge in [0.1, 0.15) is 5.75 Å². The van der Waals surface area contributed by atoms with Crippen molar-refractivity contribution in [2.45, 2.75) is 39.7 Å². The van der Waals surface area contributed by atoms with Gasteiger partial charge in [-0.15, -0.1) is 0 Å². The van der Waals surface area contributed by atoms with Crippen molar-refractivity contribution in [2.75, 3.05) is 11.6 Å². The van der Waals surface area contributed by atoms with Crippen molar-refractivity contribution in [3.05, 3.63) is 58.1 Å². The predicted octanol–water partition coefficient (Wildman–Crippen LogP) is 5.30. The molecular weight excluding hydrogens is 294 g/mol. The molecule has 0 unspecified atom stereocenters. The molecule has 3 rings (SSSR count). The standard InChI is InChI=1S/C19H22ClNO/c1-13-5-7-16(10-17(13)20)21-11-14-9-15(19(2,3)4)6-8-18(14)22-12-21/h5-10H,11-12H2,1-4H3. The SMILES string of the molecule is Cc1ccc(N2COc3ccc(C(C)(C)C)cc3C2)cc1Cl. The van der Waals surface area contributed by atoms with Crippen molar-refractivity contribution in [1.82, 2.24) is 0 Å². The molecule has 1 aliphatic heterocycles. The van der Waals surface area contributed by atoms with Crippen LogP contribution in [0, 0.1) is 6.92 Å². The fourth-order valence-corrected chi connectivity index (χ4v) is 2.83. The highest BCUT2D eigenvalue weighted by Crippen LogP contribution is 2.33. The van der Waals surface area contributed by atoms with Gasteiger partial charge in [-0.2, -0.15) is 0 Å². The van der Waals surface area contributed by atoms with E-state index >= 15 is 0 Å². The summed E-state index contributed by atoms with van der Waals surface area (Å²) in [6.45, 7) is 10.1. The largest absolute Gasteiger partial charge is 0.473 e. The highest BCUT2D eigenvalue weighted by atomic mass is 35.5. The number of hydrogen-bond acceptors (Lipinski definition) is 2. The second kappa shape index (κ2) is 5.51. The number of rotatable bonds is 1. The Labute approximate surface area is 137 Å². The van der Waals surface area contributed by atoms with Crippen LogP contribution in [0.25, 0.3) is 0 Å². The van der Waals surface area contributed by atoms with Crippen molar-refractivity contribution in [3.63, 3.8) is 0 Å². The van der Waals surface area contributed by atoms with Crippen LogP contribution in [-0.2, 0) is 12.0 Å². The van der Waals surface area contributed by atoms with Crippen LogP contribution in [0.3, 0.4) is 0 Å². The summed E-state index contributed by atoms with van der Waals surface area (Å²) in [6.07, 6.45) is 0. The lowest BCUT2D eigenvalue weighted by molar-refractivity contribution is 0.289. The predicted molar refractivity (Wildman–Crippen MR) is 93.0 cm³/mol. The lowest BCUT2D eigenvalue weighted by atomic mass is 9.86. The molecule has 2 aromatic rings. The molecule has 0 aliphatic carbocycles. The second-order valence-electron chi connectivity index (χ2n) is 6.98. The monoisotopic (exact) mass is 315 g/mol. The van der Waals surface area contributed by atoms with Crippen LogP contribution < -0.4 is 9.64 Å². The zero-order chi connectivity index (χ0) is 15.9. The molecular formula is C19H22ClNO. The first-order valence-corrected chi connectivity index (χ1v) is 8.00. The van der Waals surface area contributed by atoms with E-state index in [1.807, 2.05) is 13.0 Å². The van der Waals surface area contributed by atoms with Crippen LogP contribution >= 0.6 is 11.6 Å². The maximum Gasteiger partial charge on any atom is 0.161 e. The molecule has 0 saturated carbocycles. The number of ether oxygens (including phenoxy) is 1. The van der Waals surface area contributed by atoms with Crippen molar-refractivity contribution in [3.8, 4) is 5.75 Å². The molecule has 3 heteroatoms. The molecule has 0 radical (unpaired) electrons. The maximum absolute atomic E-state index is 6.25. The lowest BCUT2D eigenvalue weighted by Crippen LogP contribution is -2.32. The summed E-state index contributed by atoms with van der Waals surface area (Å²) in [5, 5.41) is 0.798. The summed E-state index contributed by atoms with van der Waals surface area (Å²) < 4.78 is 5.91. The van der Waals surface area contributed by atoms with Crippen molar-refractivity contribution in [2.24, 2.45) is 0 Å². The summed E-state index contributed by atoms with van der Waals surface area (Å²) in [4.78, 5) is 2.21. The van der Waals surface area contributed by atoms with Gasteiger partial charge in [-0.1, -0.05) is 44.5 Å². The number of aryl methyl sites for hydroxylation is 1. The first-order chi connectivity index (χ1) is 10.3. The summed E-state index contributed by atoms with van der Waals surface area (Å²) in [6, 6.07) is 12.7. The van der Waals surface area contributed by atoms with Gasteiger partial charge in [0.15, 0.2) is 6.73 Å². The minimum atomic E-state index is 0.143. The van der Waals surface area contributed by atoms with Gasteiger partial charge in [-0.05, 0) is 47.7 Å². The first kappa shape index (κ1) is 15.2. The van der Waals surface area contributed by atoms with Gasteiger partial charge in [0, 0.05) is 22.8 Å². The zero-order valence-corrected chi connectivity index (χ0v) is 14.4. The van der Waals surface area contributed by atoms with E-state index in [9.17, 15) is 0 Å². The van der Waals surface area contributed by atoms with Crippen LogP contribution in [0.1, 0.15) is 37.5 Å². The molecule has 1 heterocycles. The van der Waals surface area contributed by atoms with Gasteiger partial charge < -0.3 is 9.64 Å². The third-order valence-corrected chi connectivity index (χ3v) is 4.59. The number of hydrogen-bond donors (Lipinski definition) is 0. The van der Waals surface area contributed by atoms with E-state index in [4.69, 9.17) is 16.3 Å². The lowest BCUT2D eigenvalue weighted by Gasteiger charge is -2.32. The maximum atomic E-state index is 6.25. The molecule has 0 aromatic heterocycles. The number of anilines is 1. The minimum Gasteiger partial charge on any atom is -0.473 e. The fourth-order valence-electron chi connectivity index (χ4n) is 2.65. The molecule has 0 N–H and O–H groups in total. The van der Waals surface area contributed by atoms with E-state index in [1.165, 1.54) is 11.1 Å². The number of nitrogens with zero attached hydrogens (tertiary/aromatic N) is 1. The quantitative estimate of drug-likeness (QED) is 0.707. The number of fused-ring (bicyclic) bond motifs is 1. The topological polar surface area (TPSA) is 12.5 Å². The van der Waals surface area contributed by atoms with E-state index in [0.29, 0.717) is 6.73 Å². The van der Waals surface area contributed by atoms with E-state index in [0.717, 1.165) is 28.6 Å². The number of halogens is 1. The average molecular weight is 316 g/mol. The minimum absolute atomic E-state index is 0.143. The van der Waals surface area contributed by atoms with Crippen LogP contribution in [-0.4, -0.2) is 6.73 Å². The third kappa shape index (κ3) is 2.93. The molecule has 22 heavy (non-hydrogen) atoms. The summed E-state index contributed by atoms with van der Waals surface area (Å²) in [7, 11) is 0. The Morgan fingerprint density at radius 2 is 1.86 bits per heavy atom. The highest BCUT2D eigenvalue weighted by Gasteiger charge is 2.21. The van der Waals surface area contributed by atoms with E-state index in [-0.39, 0.29) is 5.41 Å². The Morgan fingerprint density at radius 1 is 1.09 bits per heavy atom. The molecule has 0 fully saturated rings. The summed E-state index contributed by atoms with van der Waals surface area (Å²) >= 11 is 6.25.